The average Bonchev–Trinajstić information content (AvgIpc) is 2.69. The molecule has 144 valence electrons. The van der Waals surface area contributed by atoms with Gasteiger partial charge in [0.1, 0.15) is 0 Å². The highest BCUT2D eigenvalue weighted by Crippen LogP contribution is 2.18. The molecule has 0 bridgehead atoms. The van der Waals surface area contributed by atoms with Crippen LogP contribution in [0.15, 0.2) is 30.3 Å². The molecule has 0 unspecified atom stereocenters. The van der Waals surface area contributed by atoms with Gasteiger partial charge >= 0.3 is 0 Å². The summed E-state index contributed by atoms with van der Waals surface area (Å²) in [6.07, 6.45) is 5.94. The molecule has 0 N–H and O–H groups in total. The number of benzene rings is 1. The van der Waals surface area contributed by atoms with E-state index in [-0.39, 0.29) is 5.91 Å². The number of carbonyl (C=O) groups is 1. The first-order chi connectivity index (χ1) is 12.7. The fourth-order valence-electron chi connectivity index (χ4n) is 3.90. The third kappa shape index (κ3) is 5.79. The summed E-state index contributed by atoms with van der Waals surface area (Å²) in [7, 11) is 2.17. The zero-order valence-electron chi connectivity index (χ0n) is 16.1. The van der Waals surface area contributed by atoms with Gasteiger partial charge in [0.05, 0.1) is 6.61 Å². The van der Waals surface area contributed by atoms with Crippen molar-refractivity contribution < 1.29 is 9.63 Å². The summed E-state index contributed by atoms with van der Waals surface area (Å²) in [5.41, 5.74) is 1.30. The number of likely N-dealkylation sites (tertiary alicyclic amines) is 1. The SMILES string of the molecule is CN1CCC(N(CCc2ccccc2)C(=O)CCN2CCCCO2)CC1. The molecule has 3 rings (SSSR count). The van der Waals surface area contributed by atoms with Crippen molar-refractivity contribution in [1.29, 1.82) is 0 Å². The minimum absolute atomic E-state index is 0.282. The van der Waals surface area contributed by atoms with Crippen LogP contribution in [0, 0.1) is 0 Å². The van der Waals surface area contributed by atoms with E-state index in [0.717, 1.165) is 58.5 Å². The first-order valence-electron chi connectivity index (χ1n) is 10.1. The van der Waals surface area contributed by atoms with Crippen LogP contribution in [0.3, 0.4) is 0 Å². The Bertz CT molecular complexity index is 537. The highest BCUT2D eigenvalue weighted by atomic mass is 16.7. The van der Waals surface area contributed by atoms with E-state index in [4.69, 9.17) is 4.84 Å². The standard InChI is InChI=1S/C21H33N3O2/c1-22-14-10-20(11-15-22)24(17-9-19-7-3-2-4-8-19)21(25)12-16-23-13-5-6-18-26-23/h2-4,7-8,20H,5-6,9-18H2,1H3. The molecule has 0 saturated carbocycles. The number of hydroxylamine groups is 2. The summed E-state index contributed by atoms with van der Waals surface area (Å²) in [4.78, 5) is 23.2. The first kappa shape index (κ1) is 19.3. The van der Waals surface area contributed by atoms with Crippen LogP contribution < -0.4 is 0 Å². The molecule has 2 heterocycles. The van der Waals surface area contributed by atoms with E-state index in [2.05, 4.69) is 41.1 Å². The lowest BCUT2D eigenvalue weighted by molar-refractivity contribution is -0.183. The fraction of sp³-hybridized carbons (Fsp3) is 0.667. The van der Waals surface area contributed by atoms with Crippen LogP contribution in [-0.4, -0.2) is 73.2 Å². The van der Waals surface area contributed by atoms with Gasteiger partial charge in [-0.2, -0.15) is 5.06 Å². The van der Waals surface area contributed by atoms with Gasteiger partial charge in [-0.05, 0) is 57.8 Å². The molecule has 2 aliphatic rings. The van der Waals surface area contributed by atoms with Gasteiger partial charge in [0.2, 0.25) is 5.91 Å². The van der Waals surface area contributed by atoms with Crippen molar-refractivity contribution in [3.8, 4) is 0 Å². The lowest BCUT2D eigenvalue weighted by atomic mass is 10.0. The molecule has 0 aromatic heterocycles. The van der Waals surface area contributed by atoms with E-state index in [1.54, 1.807) is 0 Å². The van der Waals surface area contributed by atoms with Crippen LogP contribution in [0.1, 0.15) is 37.7 Å². The van der Waals surface area contributed by atoms with Crippen LogP contribution in [0.25, 0.3) is 0 Å². The molecular formula is C21H33N3O2. The highest BCUT2D eigenvalue weighted by molar-refractivity contribution is 5.76. The summed E-state index contributed by atoms with van der Waals surface area (Å²) >= 11 is 0. The number of carbonyl (C=O) groups excluding carboxylic acids is 1. The quantitative estimate of drug-likeness (QED) is 0.750. The summed E-state index contributed by atoms with van der Waals surface area (Å²) < 4.78 is 0. The molecule has 5 heteroatoms. The largest absolute Gasteiger partial charge is 0.339 e. The number of piperidine rings is 1. The van der Waals surface area contributed by atoms with Gasteiger partial charge in [0.25, 0.3) is 0 Å². The highest BCUT2D eigenvalue weighted by Gasteiger charge is 2.27. The number of rotatable bonds is 7. The van der Waals surface area contributed by atoms with Gasteiger partial charge in [0, 0.05) is 32.1 Å². The lowest BCUT2D eigenvalue weighted by Crippen LogP contribution is -2.48. The van der Waals surface area contributed by atoms with Gasteiger partial charge in [-0.15, -0.1) is 0 Å². The Hall–Kier alpha value is -1.43. The second-order valence-corrected chi connectivity index (χ2v) is 7.58. The van der Waals surface area contributed by atoms with Crippen LogP contribution >= 0.6 is 0 Å². The van der Waals surface area contributed by atoms with E-state index < -0.39 is 0 Å². The minimum atomic E-state index is 0.282. The topological polar surface area (TPSA) is 36.0 Å². The molecule has 1 aromatic rings. The second-order valence-electron chi connectivity index (χ2n) is 7.58. The normalized spacial score (nSPS) is 20.2. The Morgan fingerprint density at radius 1 is 1.15 bits per heavy atom. The van der Waals surface area contributed by atoms with Crippen molar-refractivity contribution >= 4 is 5.91 Å². The second kappa shape index (κ2) is 10.0. The molecule has 0 radical (unpaired) electrons. The number of hydrogen-bond acceptors (Lipinski definition) is 4. The van der Waals surface area contributed by atoms with E-state index in [1.807, 2.05) is 11.1 Å². The molecule has 0 atom stereocenters. The number of nitrogens with zero attached hydrogens (tertiary/aromatic N) is 3. The minimum Gasteiger partial charge on any atom is -0.339 e. The van der Waals surface area contributed by atoms with Crippen molar-refractivity contribution in [3.63, 3.8) is 0 Å². The third-order valence-electron chi connectivity index (χ3n) is 5.58. The summed E-state index contributed by atoms with van der Waals surface area (Å²) in [5.74, 6) is 0.282. The molecule has 5 nitrogen and oxygen atoms in total. The summed E-state index contributed by atoms with van der Waals surface area (Å²) in [6.45, 7) is 5.43. The Balaban J connectivity index is 1.56. The zero-order chi connectivity index (χ0) is 18.2. The van der Waals surface area contributed by atoms with Crippen LogP contribution in [0.5, 0.6) is 0 Å². The molecule has 0 aliphatic carbocycles. The van der Waals surface area contributed by atoms with E-state index in [1.165, 1.54) is 12.0 Å². The van der Waals surface area contributed by atoms with Gasteiger partial charge < -0.3 is 9.80 Å². The molecule has 1 aromatic carbocycles. The first-order valence-corrected chi connectivity index (χ1v) is 10.1. The fourth-order valence-corrected chi connectivity index (χ4v) is 3.90. The van der Waals surface area contributed by atoms with Gasteiger partial charge in [-0.1, -0.05) is 30.3 Å². The predicted molar refractivity (Wildman–Crippen MR) is 104 cm³/mol. The maximum Gasteiger partial charge on any atom is 0.224 e. The van der Waals surface area contributed by atoms with Crippen molar-refractivity contribution in [3.05, 3.63) is 35.9 Å². The Morgan fingerprint density at radius 3 is 2.62 bits per heavy atom. The van der Waals surface area contributed by atoms with E-state index >= 15 is 0 Å². The van der Waals surface area contributed by atoms with Crippen LogP contribution in [0.4, 0.5) is 0 Å². The third-order valence-corrected chi connectivity index (χ3v) is 5.58. The van der Waals surface area contributed by atoms with Crippen molar-refractivity contribution in [1.82, 2.24) is 14.9 Å². The monoisotopic (exact) mass is 359 g/mol. The molecular weight excluding hydrogens is 326 g/mol. The number of hydrogen-bond donors (Lipinski definition) is 0. The van der Waals surface area contributed by atoms with Gasteiger partial charge in [0.15, 0.2) is 0 Å². The van der Waals surface area contributed by atoms with E-state index in [9.17, 15) is 4.79 Å². The smallest absolute Gasteiger partial charge is 0.224 e. The molecule has 1 amide bonds. The van der Waals surface area contributed by atoms with Crippen molar-refractivity contribution in [2.24, 2.45) is 0 Å². The molecule has 2 aliphatic heterocycles. The average molecular weight is 360 g/mol. The molecule has 26 heavy (non-hydrogen) atoms. The Morgan fingerprint density at radius 2 is 1.92 bits per heavy atom. The Labute approximate surface area is 157 Å². The lowest BCUT2D eigenvalue weighted by Gasteiger charge is -2.38. The van der Waals surface area contributed by atoms with Crippen LogP contribution in [-0.2, 0) is 16.1 Å². The van der Waals surface area contributed by atoms with Crippen LogP contribution in [0.2, 0.25) is 0 Å². The zero-order valence-corrected chi connectivity index (χ0v) is 16.1. The number of amides is 1. The Kier molecular flexibility index (Phi) is 7.47. The van der Waals surface area contributed by atoms with Crippen molar-refractivity contribution in [2.45, 2.75) is 44.6 Å². The molecule has 2 saturated heterocycles. The maximum absolute atomic E-state index is 13.0. The van der Waals surface area contributed by atoms with Gasteiger partial charge in [-0.3, -0.25) is 9.63 Å². The van der Waals surface area contributed by atoms with E-state index in [0.29, 0.717) is 19.0 Å². The summed E-state index contributed by atoms with van der Waals surface area (Å²) in [6, 6.07) is 10.9. The van der Waals surface area contributed by atoms with Crippen molar-refractivity contribution in [2.75, 3.05) is 46.4 Å². The van der Waals surface area contributed by atoms with Gasteiger partial charge in [-0.25, -0.2) is 0 Å². The maximum atomic E-state index is 13.0. The molecule has 0 spiro atoms. The summed E-state index contributed by atoms with van der Waals surface area (Å²) in [5, 5.41) is 1.98. The predicted octanol–water partition coefficient (Wildman–Crippen LogP) is 2.57. The molecule has 2 fully saturated rings.